The van der Waals surface area contributed by atoms with Gasteiger partial charge in [0.15, 0.2) is 5.82 Å². The zero-order chi connectivity index (χ0) is 18.3. The maximum absolute atomic E-state index is 12.8. The van der Waals surface area contributed by atoms with Crippen LogP contribution in [-0.4, -0.2) is 33.4 Å². The van der Waals surface area contributed by atoms with Gasteiger partial charge >= 0.3 is 6.18 Å². The van der Waals surface area contributed by atoms with Crippen molar-refractivity contribution in [1.82, 2.24) is 15.2 Å². The zero-order valence-corrected chi connectivity index (χ0v) is 13.7. The fourth-order valence-corrected chi connectivity index (χ4v) is 3.22. The van der Waals surface area contributed by atoms with Crippen molar-refractivity contribution < 1.29 is 18.3 Å². The first kappa shape index (κ1) is 16.6. The molecule has 0 spiro atoms. The third-order valence-corrected chi connectivity index (χ3v) is 4.51. The molecule has 1 aliphatic heterocycles. The standard InChI is InChI=1S/C18H15F3N4O/c19-18(20,21)11-5-6-12(14(26)10-11)15-13-4-3-7-22-16(13)17(24-23-15)25-8-1-2-9-25/h3-7,10,26H,1-2,8-9H2. The largest absolute Gasteiger partial charge is 0.507 e. The first-order valence-electron chi connectivity index (χ1n) is 8.22. The highest BCUT2D eigenvalue weighted by Crippen LogP contribution is 2.38. The Morgan fingerprint density at radius 2 is 1.81 bits per heavy atom. The maximum atomic E-state index is 12.8. The number of phenolic OH excluding ortho intramolecular Hbond substituents is 1. The van der Waals surface area contributed by atoms with Crippen molar-refractivity contribution >= 4 is 16.7 Å². The number of hydrogen-bond acceptors (Lipinski definition) is 5. The number of nitrogens with zero attached hydrogens (tertiary/aromatic N) is 4. The van der Waals surface area contributed by atoms with Gasteiger partial charge in [0, 0.05) is 30.2 Å². The lowest BCUT2D eigenvalue weighted by Crippen LogP contribution is -2.20. The van der Waals surface area contributed by atoms with Gasteiger partial charge in [0.1, 0.15) is 17.0 Å². The zero-order valence-electron chi connectivity index (χ0n) is 13.7. The van der Waals surface area contributed by atoms with Gasteiger partial charge in [-0.25, -0.2) is 0 Å². The minimum absolute atomic E-state index is 0.191. The van der Waals surface area contributed by atoms with Crippen molar-refractivity contribution in [2.24, 2.45) is 0 Å². The molecule has 8 heteroatoms. The lowest BCUT2D eigenvalue weighted by Gasteiger charge is -2.18. The molecule has 1 aliphatic rings. The normalized spacial score (nSPS) is 15.0. The van der Waals surface area contributed by atoms with Gasteiger partial charge in [-0.15, -0.1) is 10.2 Å². The molecule has 1 saturated heterocycles. The van der Waals surface area contributed by atoms with E-state index in [2.05, 4.69) is 20.1 Å². The van der Waals surface area contributed by atoms with Crippen molar-refractivity contribution in [2.45, 2.75) is 19.0 Å². The molecule has 1 fully saturated rings. The van der Waals surface area contributed by atoms with Crippen LogP contribution in [-0.2, 0) is 6.18 Å². The van der Waals surface area contributed by atoms with Gasteiger partial charge < -0.3 is 10.0 Å². The predicted molar refractivity (Wildman–Crippen MR) is 90.9 cm³/mol. The molecular weight excluding hydrogens is 345 g/mol. The number of rotatable bonds is 2. The van der Waals surface area contributed by atoms with Crippen molar-refractivity contribution in [1.29, 1.82) is 0 Å². The van der Waals surface area contributed by atoms with Crippen molar-refractivity contribution in [3.05, 3.63) is 42.1 Å². The molecule has 0 amide bonds. The van der Waals surface area contributed by atoms with Crippen LogP contribution in [0.3, 0.4) is 0 Å². The molecule has 1 N–H and O–H groups in total. The van der Waals surface area contributed by atoms with E-state index >= 15 is 0 Å². The van der Waals surface area contributed by atoms with Crippen LogP contribution < -0.4 is 4.90 Å². The van der Waals surface area contributed by atoms with Gasteiger partial charge in [-0.1, -0.05) is 0 Å². The molecule has 2 aromatic heterocycles. The summed E-state index contributed by atoms with van der Waals surface area (Å²) in [6.07, 6.45) is -0.750. The molecule has 0 atom stereocenters. The minimum atomic E-state index is -4.52. The van der Waals surface area contributed by atoms with Gasteiger partial charge in [-0.3, -0.25) is 4.98 Å². The molecule has 0 saturated carbocycles. The molecule has 26 heavy (non-hydrogen) atoms. The van der Waals surface area contributed by atoms with E-state index in [4.69, 9.17) is 0 Å². The molecule has 3 heterocycles. The number of pyridine rings is 1. The first-order chi connectivity index (χ1) is 12.4. The van der Waals surface area contributed by atoms with Crippen molar-refractivity contribution in [3.63, 3.8) is 0 Å². The summed E-state index contributed by atoms with van der Waals surface area (Å²) in [5.41, 5.74) is 0.209. The number of aromatic hydroxyl groups is 1. The van der Waals surface area contributed by atoms with Crippen LogP contribution in [0.4, 0.5) is 19.0 Å². The highest BCUT2D eigenvalue weighted by atomic mass is 19.4. The minimum Gasteiger partial charge on any atom is -0.507 e. The summed E-state index contributed by atoms with van der Waals surface area (Å²) in [5, 5.41) is 19.2. The Labute approximate surface area is 147 Å². The van der Waals surface area contributed by atoms with E-state index in [1.54, 1.807) is 18.3 Å². The molecule has 0 aliphatic carbocycles. The van der Waals surface area contributed by atoms with E-state index in [0.29, 0.717) is 28.5 Å². The summed E-state index contributed by atoms with van der Waals surface area (Å²) in [5.74, 6) is 0.168. The summed E-state index contributed by atoms with van der Waals surface area (Å²) in [7, 11) is 0. The van der Waals surface area contributed by atoms with Crippen LogP contribution in [0.15, 0.2) is 36.5 Å². The molecular formula is C18H15F3N4O. The van der Waals surface area contributed by atoms with E-state index in [1.807, 2.05) is 0 Å². The monoisotopic (exact) mass is 360 g/mol. The van der Waals surface area contributed by atoms with Crippen molar-refractivity contribution in [3.8, 4) is 17.0 Å². The van der Waals surface area contributed by atoms with Crippen LogP contribution >= 0.6 is 0 Å². The van der Waals surface area contributed by atoms with Gasteiger partial charge in [0.05, 0.1) is 5.56 Å². The molecule has 5 nitrogen and oxygen atoms in total. The van der Waals surface area contributed by atoms with E-state index in [1.165, 1.54) is 6.07 Å². The summed E-state index contributed by atoms with van der Waals surface area (Å²) in [4.78, 5) is 6.49. The van der Waals surface area contributed by atoms with Gasteiger partial charge in [0.25, 0.3) is 0 Å². The third kappa shape index (κ3) is 2.81. The van der Waals surface area contributed by atoms with Crippen LogP contribution in [0.25, 0.3) is 22.2 Å². The highest BCUT2D eigenvalue weighted by Gasteiger charge is 2.31. The third-order valence-electron chi connectivity index (χ3n) is 4.51. The van der Waals surface area contributed by atoms with Crippen LogP contribution in [0, 0.1) is 0 Å². The topological polar surface area (TPSA) is 62.1 Å². The lowest BCUT2D eigenvalue weighted by atomic mass is 10.0. The number of benzene rings is 1. The summed E-state index contributed by atoms with van der Waals surface area (Å²) in [6.45, 7) is 1.73. The second-order valence-corrected chi connectivity index (χ2v) is 6.20. The SMILES string of the molecule is Oc1cc(C(F)(F)F)ccc1-c1nnc(N2CCCC2)c2ncccc12. The Bertz CT molecular complexity index is 968. The Morgan fingerprint density at radius 3 is 2.50 bits per heavy atom. The van der Waals surface area contributed by atoms with E-state index in [9.17, 15) is 18.3 Å². The fraction of sp³-hybridized carbons (Fsp3) is 0.278. The van der Waals surface area contributed by atoms with Gasteiger partial charge in [-0.05, 0) is 43.2 Å². The molecule has 134 valence electrons. The Hall–Kier alpha value is -2.90. The average molecular weight is 360 g/mol. The predicted octanol–water partition coefficient (Wildman–Crippen LogP) is 4.02. The molecule has 0 bridgehead atoms. The van der Waals surface area contributed by atoms with Crippen LogP contribution in [0.2, 0.25) is 0 Å². The number of aromatic nitrogens is 3. The summed E-state index contributed by atoms with van der Waals surface area (Å²) >= 11 is 0. The lowest BCUT2D eigenvalue weighted by molar-refractivity contribution is -0.137. The molecule has 0 radical (unpaired) electrons. The van der Waals surface area contributed by atoms with Crippen LogP contribution in [0.5, 0.6) is 5.75 Å². The average Bonchev–Trinajstić information content (AvgIpc) is 3.14. The molecule has 3 aromatic rings. The molecule has 4 rings (SSSR count). The number of alkyl halides is 3. The molecule has 0 unspecified atom stereocenters. The maximum Gasteiger partial charge on any atom is 0.416 e. The second-order valence-electron chi connectivity index (χ2n) is 6.20. The molecule has 1 aromatic carbocycles. The fourth-order valence-electron chi connectivity index (χ4n) is 3.22. The van der Waals surface area contributed by atoms with Crippen LogP contribution in [0.1, 0.15) is 18.4 Å². The Morgan fingerprint density at radius 1 is 1.04 bits per heavy atom. The Kier molecular flexibility index (Phi) is 3.90. The number of hydrogen-bond donors (Lipinski definition) is 1. The number of anilines is 1. The number of phenols is 1. The van der Waals surface area contributed by atoms with E-state index < -0.39 is 17.5 Å². The highest BCUT2D eigenvalue weighted by molar-refractivity contribution is 5.98. The second kappa shape index (κ2) is 6.12. The van der Waals surface area contributed by atoms with Gasteiger partial charge in [0.2, 0.25) is 0 Å². The number of fused-ring (bicyclic) bond motifs is 1. The van der Waals surface area contributed by atoms with E-state index in [-0.39, 0.29) is 5.56 Å². The number of halogens is 3. The van der Waals surface area contributed by atoms with Gasteiger partial charge in [-0.2, -0.15) is 13.2 Å². The quantitative estimate of drug-likeness (QED) is 0.748. The van der Waals surface area contributed by atoms with Crippen molar-refractivity contribution in [2.75, 3.05) is 18.0 Å². The smallest absolute Gasteiger partial charge is 0.416 e. The summed E-state index contributed by atoms with van der Waals surface area (Å²) < 4.78 is 38.5. The first-order valence-corrected chi connectivity index (χ1v) is 8.22. The van der Waals surface area contributed by atoms with E-state index in [0.717, 1.165) is 32.0 Å². The Balaban J connectivity index is 1.87. The summed E-state index contributed by atoms with van der Waals surface area (Å²) in [6, 6.07) is 6.34.